The van der Waals surface area contributed by atoms with E-state index in [4.69, 9.17) is 5.41 Å². The first-order valence-corrected chi connectivity index (χ1v) is 6.97. The zero-order valence-electron chi connectivity index (χ0n) is 11.5. The Morgan fingerprint density at radius 1 is 0.714 bits per heavy atom. The summed E-state index contributed by atoms with van der Waals surface area (Å²) in [5.41, 5.74) is 4.39. The molecule has 0 saturated carbocycles. The van der Waals surface area contributed by atoms with Crippen LogP contribution in [0.3, 0.4) is 0 Å². The third kappa shape index (κ3) is 1.77. The van der Waals surface area contributed by atoms with E-state index in [1.807, 2.05) is 18.2 Å². The second-order valence-electron chi connectivity index (χ2n) is 5.11. The van der Waals surface area contributed by atoms with Crippen molar-refractivity contribution in [2.45, 2.75) is 0 Å². The molecule has 100 valence electrons. The van der Waals surface area contributed by atoms with Crippen LogP contribution < -0.4 is 0 Å². The SMILES string of the molecule is N=Cc1cccc(-n2c3ccccc3c3ccccc32)c1. The van der Waals surface area contributed by atoms with E-state index in [1.54, 1.807) is 0 Å². The Morgan fingerprint density at radius 2 is 1.33 bits per heavy atom. The fourth-order valence-electron chi connectivity index (χ4n) is 2.95. The molecule has 0 aliphatic carbocycles. The Balaban J connectivity index is 2.17. The van der Waals surface area contributed by atoms with E-state index in [0.29, 0.717) is 0 Å². The van der Waals surface area contributed by atoms with Crippen LogP contribution in [-0.2, 0) is 0 Å². The summed E-state index contributed by atoms with van der Waals surface area (Å²) in [6.07, 6.45) is 1.39. The van der Waals surface area contributed by atoms with Gasteiger partial charge in [-0.15, -0.1) is 0 Å². The predicted molar refractivity (Wildman–Crippen MR) is 88.7 cm³/mol. The third-order valence-corrected chi connectivity index (χ3v) is 3.88. The van der Waals surface area contributed by atoms with Crippen molar-refractivity contribution < 1.29 is 0 Å². The molecule has 0 amide bonds. The van der Waals surface area contributed by atoms with Crippen molar-refractivity contribution in [1.29, 1.82) is 5.41 Å². The zero-order valence-corrected chi connectivity index (χ0v) is 11.5. The predicted octanol–water partition coefficient (Wildman–Crippen LogP) is 4.78. The van der Waals surface area contributed by atoms with E-state index in [0.717, 1.165) is 11.3 Å². The highest BCUT2D eigenvalue weighted by molar-refractivity contribution is 6.09. The molecule has 21 heavy (non-hydrogen) atoms. The van der Waals surface area contributed by atoms with Gasteiger partial charge in [-0.1, -0.05) is 48.5 Å². The van der Waals surface area contributed by atoms with Crippen LogP contribution in [0.25, 0.3) is 27.5 Å². The Hall–Kier alpha value is -2.87. The quantitative estimate of drug-likeness (QED) is 0.508. The number of nitrogens with zero attached hydrogens (tertiary/aromatic N) is 1. The highest BCUT2D eigenvalue weighted by atomic mass is 15.0. The molecule has 4 aromatic rings. The average molecular weight is 270 g/mol. The Kier molecular flexibility index (Phi) is 2.61. The van der Waals surface area contributed by atoms with E-state index >= 15 is 0 Å². The normalized spacial score (nSPS) is 11.0. The van der Waals surface area contributed by atoms with Crippen molar-refractivity contribution in [3.05, 3.63) is 78.4 Å². The molecule has 0 aliphatic rings. The van der Waals surface area contributed by atoms with Crippen LogP contribution in [0, 0.1) is 5.41 Å². The molecule has 0 atom stereocenters. The minimum absolute atomic E-state index is 0.911. The van der Waals surface area contributed by atoms with Crippen molar-refractivity contribution in [3.63, 3.8) is 0 Å². The lowest BCUT2D eigenvalue weighted by Gasteiger charge is -2.08. The minimum Gasteiger partial charge on any atom is -0.309 e. The van der Waals surface area contributed by atoms with Crippen molar-refractivity contribution in [3.8, 4) is 5.69 Å². The summed E-state index contributed by atoms with van der Waals surface area (Å²) in [7, 11) is 0. The van der Waals surface area contributed by atoms with Crippen molar-refractivity contribution in [2.24, 2.45) is 0 Å². The van der Waals surface area contributed by atoms with E-state index < -0.39 is 0 Å². The molecule has 0 unspecified atom stereocenters. The van der Waals surface area contributed by atoms with Crippen LogP contribution in [0.2, 0.25) is 0 Å². The van der Waals surface area contributed by atoms with E-state index in [1.165, 1.54) is 28.0 Å². The maximum absolute atomic E-state index is 7.46. The summed E-state index contributed by atoms with van der Waals surface area (Å²) in [6.45, 7) is 0. The molecular weight excluding hydrogens is 256 g/mol. The Bertz CT molecular complexity index is 910. The third-order valence-electron chi connectivity index (χ3n) is 3.88. The summed E-state index contributed by atoms with van der Waals surface area (Å²) >= 11 is 0. The summed E-state index contributed by atoms with van der Waals surface area (Å²) in [4.78, 5) is 0. The van der Waals surface area contributed by atoms with E-state index in [9.17, 15) is 0 Å². The van der Waals surface area contributed by atoms with E-state index in [-0.39, 0.29) is 0 Å². The van der Waals surface area contributed by atoms with Gasteiger partial charge in [0.1, 0.15) is 0 Å². The van der Waals surface area contributed by atoms with Crippen LogP contribution in [0.15, 0.2) is 72.8 Å². The lowest BCUT2D eigenvalue weighted by Crippen LogP contribution is -1.94. The monoisotopic (exact) mass is 270 g/mol. The molecule has 0 spiro atoms. The van der Waals surface area contributed by atoms with Gasteiger partial charge in [0.2, 0.25) is 0 Å². The lowest BCUT2D eigenvalue weighted by atomic mass is 10.2. The standard InChI is InChI=1S/C19H14N2/c20-13-14-6-5-7-15(12-14)21-18-10-3-1-8-16(18)17-9-2-4-11-19(17)21/h1-13,20H. The minimum atomic E-state index is 0.911. The van der Waals surface area contributed by atoms with Gasteiger partial charge in [0, 0.05) is 22.7 Å². The number of aromatic nitrogens is 1. The molecule has 1 N–H and O–H groups in total. The van der Waals surface area contributed by atoms with Gasteiger partial charge in [0.15, 0.2) is 0 Å². The lowest BCUT2D eigenvalue weighted by molar-refractivity contribution is 1.18. The van der Waals surface area contributed by atoms with Crippen LogP contribution in [0.1, 0.15) is 5.56 Å². The molecule has 0 aliphatic heterocycles. The van der Waals surface area contributed by atoms with Crippen molar-refractivity contribution in [1.82, 2.24) is 4.57 Å². The first kappa shape index (κ1) is 11.9. The topological polar surface area (TPSA) is 28.8 Å². The molecule has 0 fully saturated rings. The number of para-hydroxylation sites is 2. The number of nitrogens with one attached hydrogen (secondary N) is 1. The largest absolute Gasteiger partial charge is 0.309 e. The number of benzene rings is 3. The van der Waals surface area contributed by atoms with Crippen molar-refractivity contribution >= 4 is 28.0 Å². The zero-order chi connectivity index (χ0) is 14.2. The molecule has 0 radical (unpaired) electrons. The molecule has 4 rings (SSSR count). The van der Waals surface area contributed by atoms with Crippen LogP contribution in [0.4, 0.5) is 0 Å². The maximum Gasteiger partial charge on any atom is 0.0541 e. The highest BCUT2D eigenvalue weighted by Crippen LogP contribution is 2.31. The summed E-state index contributed by atoms with van der Waals surface area (Å²) in [6, 6.07) is 25.0. The van der Waals surface area contributed by atoms with Crippen LogP contribution in [0.5, 0.6) is 0 Å². The van der Waals surface area contributed by atoms with Gasteiger partial charge in [-0.2, -0.15) is 0 Å². The molecule has 2 heteroatoms. The summed E-state index contributed by atoms with van der Waals surface area (Å²) in [5.74, 6) is 0. The summed E-state index contributed by atoms with van der Waals surface area (Å²) in [5, 5.41) is 9.97. The summed E-state index contributed by atoms with van der Waals surface area (Å²) < 4.78 is 2.26. The second-order valence-corrected chi connectivity index (χ2v) is 5.11. The number of rotatable bonds is 2. The average Bonchev–Trinajstić information content (AvgIpc) is 2.89. The Labute approximate surface area is 122 Å². The first-order valence-electron chi connectivity index (χ1n) is 6.97. The molecular formula is C19H14N2. The number of hydrogen-bond donors (Lipinski definition) is 1. The van der Waals surface area contributed by atoms with Gasteiger partial charge < -0.3 is 9.98 Å². The fraction of sp³-hybridized carbons (Fsp3) is 0. The molecule has 2 nitrogen and oxygen atoms in total. The second kappa shape index (κ2) is 4.60. The van der Waals surface area contributed by atoms with Gasteiger partial charge in [0.25, 0.3) is 0 Å². The molecule has 1 heterocycles. The molecule has 0 saturated heterocycles. The van der Waals surface area contributed by atoms with Gasteiger partial charge in [0.05, 0.1) is 11.0 Å². The van der Waals surface area contributed by atoms with Crippen molar-refractivity contribution in [2.75, 3.05) is 0 Å². The maximum atomic E-state index is 7.46. The van der Waals surface area contributed by atoms with Gasteiger partial charge in [-0.05, 0) is 29.8 Å². The molecule has 1 aromatic heterocycles. The fourth-order valence-corrected chi connectivity index (χ4v) is 2.95. The molecule has 0 bridgehead atoms. The van der Waals surface area contributed by atoms with E-state index in [2.05, 4.69) is 59.2 Å². The highest BCUT2D eigenvalue weighted by Gasteiger charge is 2.10. The van der Waals surface area contributed by atoms with Gasteiger partial charge in [-0.25, -0.2) is 0 Å². The first-order chi connectivity index (χ1) is 10.4. The number of fused-ring (bicyclic) bond motifs is 3. The van der Waals surface area contributed by atoms with Crippen LogP contribution >= 0.6 is 0 Å². The smallest absolute Gasteiger partial charge is 0.0541 e. The molecule has 3 aromatic carbocycles. The Morgan fingerprint density at radius 3 is 1.95 bits per heavy atom. The van der Waals surface area contributed by atoms with Gasteiger partial charge >= 0.3 is 0 Å². The van der Waals surface area contributed by atoms with Crippen LogP contribution in [-0.4, -0.2) is 10.8 Å². The number of hydrogen-bond acceptors (Lipinski definition) is 1. The van der Waals surface area contributed by atoms with Gasteiger partial charge in [-0.3, -0.25) is 0 Å².